The fourth-order valence-electron chi connectivity index (χ4n) is 2.08. The zero-order valence-electron chi connectivity index (χ0n) is 11.3. The first kappa shape index (κ1) is 12.9. The van der Waals surface area contributed by atoms with Crippen molar-refractivity contribution >= 4 is 11.5 Å². The molecule has 4 heteroatoms. The number of rotatable bonds is 4. The van der Waals surface area contributed by atoms with E-state index in [2.05, 4.69) is 44.6 Å². The van der Waals surface area contributed by atoms with Crippen molar-refractivity contribution in [3.8, 4) is 0 Å². The van der Waals surface area contributed by atoms with Gasteiger partial charge in [0.05, 0.1) is 11.4 Å². The van der Waals surface area contributed by atoms with E-state index >= 15 is 0 Å². The molecule has 1 heterocycles. The lowest BCUT2D eigenvalue weighted by Crippen LogP contribution is -2.32. The van der Waals surface area contributed by atoms with Gasteiger partial charge in [-0.05, 0) is 26.7 Å². The number of anilines is 2. The van der Waals surface area contributed by atoms with Crippen LogP contribution >= 0.6 is 0 Å². The van der Waals surface area contributed by atoms with Gasteiger partial charge in [-0.2, -0.15) is 5.10 Å². The van der Waals surface area contributed by atoms with Gasteiger partial charge in [-0.3, -0.25) is 4.68 Å². The molecule has 0 aliphatic carbocycles. The summed E-state index contributed by atoms with van der Waals surface area (Å²) in [5, 5.41) is 4.51. The molecule has 0 aromatic carbocycles. The van der Waals surface area contributed by atoms with Crippen molar-refractivity contribution in [2.45, 2.75) is 46.6 Å². The Morgan fingerprint density at radius 1 is 1.31 bits per heavy atom. The third-order valence-corrected chi connectivity index (χ3v) is 2.86. The zero-order chi connectivity index (χ0) is 12.5. The van der Waals surface area contributed by atoms with Gasteiger partial charge in [-0.25, -0.2) is 0 Å². The molecule has 0 fully saturated rings. The first-order valence-corrected chi connectivity index (χ1v) is 5.99. The molecule has 2 N–H and O–H groups in total. The van der Waals surface area contributed by atoms with E-state index in [9.17, 15) is 0 Å². The van der Waals surface area contributed by atoms with Gasteiger partial charge < -0.3 is 10.6 Å². The summed E-state index contributed by atoms with van der Waals surface area (Å²) in [6.07, 6.45) is 0. The minimum absolute atomic E-state index is 0.366. The molecule has 1 aromatic heterocycles. The number of hydrogen-bond acceptors (Lipinski definition) is 3. The van der Waals surface area contributed by atoms with Crippen molar-refractivity contribution in [2.24, 2.45) is 7.05 Å². The maximum atomic E-state index is 6.19. The molecule has 1 rings (SSSR count). The Hall–Kier alpha value is -1.19. The van der Waals surface area contributed by atoms with Crippen LogP contribution in [0.4, 0.5) is 11.5 Å². The molecule has 0 atom stereocenters. The molecule has 0 spiro atoms. The highest BCUT2D eigenvalue weighted by atomic mass is 15.4. The first-order valence-electron chi connectivity index (χ1n) is 5.99. The molecule has 0 unspecified atom stereocenters. The lowest BCUT2D eigenvalue weighted by Gasteiger charge is -2.27. The van der Waals surface area contributed by atoms with Crippen LogP contribution in [-0.2, 0) is 7.05 Å². The topological polar surface area (TPSA) is 47.1 Å². The van der Waals surface area contributed by atoms with E-state index in [1.807, 2.05) is 11.7 Å². The Kier molecular flexibility index (Phi) is 3.83. The third-order valence-electron chi connectivity index (χ3n) is 2.86. The smallest absolute Gasteiger partial charge is 0.150 e. The molecule has 0 bridgehead atoms. The zero-order valence-corrected chi connectivity index (χ0v) is 11.3. The van der Waals surface area contributed by atoms with E-state index in [4.69, 9.17) is 5.73 Å². The second-order valence-corrected chi connectivity index (χ2v) is 4.78. The Morgan fingerprint density at radius 2 is 1.88 bits per heavy atom. The minimum Gasteiger partial charge on any atom is -0.394 e. The lowest BCUT2D eigenvalue weighted by atomic mass is 10.1. The molecule has 0 radical (unpaired) electrons. The Balaban J connectivity index is 3.22. The summed E-state index contributed by atoms with van der Waals surface area (Å²) in [5.74, 6) is 1.41. The largest absolute Gasteiger partial charge is 0.394 e. The van der Waals surface area contributed by atoms with Crippen molar-refractivity contribution < 1.29 is 0 Å². The second kappa shape index (κ2) is 4.76. The summed E-state index contributed by atoms with van der Waals surface area (Å²) < 4.78 is 1.90. The molecule has 4 nitrogen and oxygen atoms in total. The maximum Gasteiger partial charge on any atom is 0.150 e. The van der Waals surface area contributed by atoms with E-state index in [0.717, 1.165) is 23.7 Å². The first-order chi connectivity index (χ1) is 7.40. The van der Waals surface area contributed by atoms with Crippen LogP contribution in [0, 0.1) is 0 Å². The number of aryl methyl sites for hydroxylation is 1. The van der Waals surface area contributed by atoms with Crippen LogP contribution in [-0.4, -0.2) is 22.4 Å². The van der Waals surface area contributed by atoms with Crippen LogP contribution in [0.25, 0.3) is 0 Å². The van der Waals surface area contributed by atoms with Crippen molar-refractivity contribution in [3.63, 3.8) is 0 Å². The average Bonchev–Trinajstić information content (AvgIpc) is 2.46. The molecular weight excluding hydrogens is 200 g/mol. The molecule has 92 valence electrons. The predicted molar refractivity (Wildman–Crippen MR) is 69.9 cm³/mol. The van der Waals surface area contributed by atoms with E-state index in [0.29, 0.717) is 12.0 Å². The molecule has 0 amide bonds. The quantitative estimate of drug-likeness (QED) is 0.854. The van der Waals surface area contributed by atoms with E-state index in [-0.39, 0.29) is 0 Å². The van der Waals surface area contributed by atoms with Gasteiger partial charge in [-0.15, -0.1) is 0 Å². The number of nitrogens with two attached hydrogens (primary N) is 1. The van der Waals surface area contributed by atoms with E-state index in [1.165, 1.54) is 0 Å². The molecule has 0 saturated heterocycles. The molecule has 0 aliphatic heterocycles. The van der Waals surface area contributed by atoms with E-state index < -0.39 is 0 Å². The number of nitrogens with zero attached hydrogens (tertiary/aromatic N) is 3. The highest BCUT2D eigenvalue weighted by Gasteiger charge is 2.21. The molecular formula is C12H24N4. The predicted octanol–water partition coefficient (Wildman–Crippen LogP) is 2.36. The van der Waals surface area contributed by atoms with Gasteiger partial charge in [0.25, 0.3) is 0 Å². The molecule has 1 aromatic rings. The van der Waals surface area contributed by atoms with Gasteiger partial charge in [-0.1, -0.05) is 13.8 Å². The minimum atomic E-state index is 0.366. The van der Waals surface area contributed by atoms with Crippen molar-refractivity contribution in [3.05, 3.63) is 5.69 Å². The molecule has 0 saturated carbocycles. The highest BCUT2D eigenvalue weighted by Crippen LogP contribution is 2.31. The van der Waals surface area contributed by atoms with Crippen molar-refractivity contribution in [2.75, 3.05) is 17.2 Å². The van der Waals surface area contributed by atoms with Gasteiger partial charge in [0.15, 0.2) is 5.82 Å². The lowest BCUT2D eigenvalue weighted by molar-refractivity contribution is 0.644. The van der Waals surface area contributed by atoms with Crippen LogP contribution in [0.15, 0.2) is 0 Å². The highest BCUT2D eigenvalue weighted by molar-refractivity contribution is 5.67. The van der Waals surface area contributed by atoms with Gasteiger partial charge in [0, 0.05) is 19.6 Å². The summed E-state index contributed by atoms with van der Waals surface area (Å²) in [7, 11) is 1.96. The molecule has 16 heavy (non-hydrogen) atoms. The summed E-state index contributed by atoms with van der Waals surface area (Å²) in [6.45, 7) is 11.7. The van der Waals surface area contributed by atoms with Crippen molar-refractivity contribution in [1.82, 2.24) is 9.78 Å². The van der Waals surface area contributed by atoms with Gasteiger partial charge >= 0.3 is 0 Å². The van der Waals surface area contributed by atoms with Gasteiger partial charge in [0.2, 0.25) is 0 Å². The summed E-state index contributed by atoms with van der Waals surface area (Å²) in [6, 6.07) is 0.433. The van der Waals surface area contributed by atoms with Gasteiger partial charge in [0.1, 0.15) is 0 Å². The summed E-state index contributed by atoms with van der Waals surface area (Å²) in [5.41, 5.74) is 8.02. The fourth-order valence-corrected chi connectivity index (χ4v) is 2.08. The summed E-state index contributed by atoms with van der Waals surface area (Å²) in [4.78, 5) is 2.27. The standard InChI is InChI=1S/C12H24N4/c1-7-16(9(4)5)12-10(13)11(8(2)3)14-15(12)6/h8-9H,7,13H2,1-6H3. The van der Waals surface area contributed by atoms with Crippen LogP contribution in [0.5, 0.6) is 0 Å². The Labute approximate surface area is 98.4 Å². The number of hydrogen-bond donors (Lipinski definition) is 1. The normalized spacial score (nSPS) is 11.5. The maximum absolute atomic E-state index is 6.19. The fraction of sp³-hybridized carbons (Fsp3) is 0.750. The Morgan fingerprint density at radius 3 is 2.19 bits per heavy atom. The Bertz CT molecular complexity index is 352. The van der Waals surface area contributed by atoms with Crippen LogP contribution in [0.3, 0.4) is 0 Å². The third kappa shape index (κ3) is 2.15. The van der Waals surface area contributed by atoms with Crippen LogP contribution < -0.4 is 10.6 Å². The van der Waals surface area contributed by atoms with Crippen LogP contribution in [0.2, 0.25) is 0 Å². The molecule has 0 aliphatic rings. The number of aromatic nitrogens is 2. The SMILES string of the molecule is CCN(c1c(N)c(C(C)C)nn1C)C(C)C. The van der Waals surface area contributed by atoms with Crippen LogP contribution in [0.1, 0.15) is 46.2 Å². The van der Waals surface area contributed by atoms with E-state index in [1.54, 1.807) is 0 Å². The summed E-state index contributed by atoms with van der Waals surface area (Å²) >= 11 is 0. The van der Waals surface area contributed by atoms with Crippen molar-refractivity contribution in [1.29, 1.82) is 0 Å². The number of nitrogen functional groups attached to an aromatic ring is 1. The average molecular weight is 224 g/mol. The second-order valence-electron chi connectivity index (χ2n) is 4.78. The monoisotopic (exact) mass is 224 g/mol.